The number of hydrogen-bond donors (Lipinski definition) is 4. The van der Waals surface area contributed by atoms with Gasteiger partial charge in [-0.3, -0.25) is 9.59 Å². The number of carbonyl (C=O) groups is 2. The van der Waals surface area contributed by atoms with Crippen LogP contribution >= 0.6 is 11.6 Å². The number of benzene rings is 2. The summed E-state index contributed by atoms with van der Waals surface area (Å²) in [5, 5.41) is 25.0. The van der Waals surface area contributed by atoms with E-state index in [2.05, 4.69) is 10.6 Å². The predicted molar refractivity (Wildman–Crippen MR) is 129 cm³/mol. The summed E-state index contributed by atoms with van der Waals surface area (Å²) >= 11 is 6.07. The summed E-state index contributed by atoms with van der Waals surface area (Å²) < 4.78 is 1.23. The summed E-state index contributed by atoms with van der Waals surface area (Å²) in [6, 6.07) is 12.6. The topological polar surface area (TPSA) is 121 Å². The average Bonchev–Trinajstić information content (AvgIpc) is 2.75. The van der Waals surface area contributed by atoms with Crippen LogP contribution in [0.4, 0.5) is 10.5 Å². The average molecular weight is 480 g/mol. The zero-order valence-electron chi connectivity index (χ0n) is 17.4. The van der Waals surface area contributed by atoms with Crippen LogP contribution < -0.4 is 16.2 Å². The molecule has 0 fully saturated rings. The monoisotopic (exact) mass is 479 g/mol. The van der Waals surface area contributed by atoms with Gasteiger partial charge in [0, 0.05) is 23.8 Å². The SMILES string of the molecule is Cc1cn(C)c(=O)c(NC(=O)NC(CC(=O)O)c2cccc(-c3cccc(Cl)c3)c2)c1O.[NaH]. The second kappa shape index (κ2) is 11.4. The van der Waals surface area contributed by atoms with Crippen molar-refractivity contribution in [3.63, 3.8) is 0 Å². The van der Waals surface area contributed by atoms with E-state index in [4.69, 9.17) is 11.6 Å². The van der Waals surface area contributed by atoms with Gasteiger partial charge in [0.1, 0.15) is 5.75 Å². The van der Waals surface area contributed by atoms with Gasteiger partial charge in [-0.25, -0.2) is 4.79 Å². The van der Waals surface area contributed by atoms with Crippen LogP contribution in [0.3, 0.4) is 0 Å². The van der Waals surface area contributed by atoms with Gasteiger partial charge in [-0.2, -0.15) is 0 Å². The molecule has 3 aromatic rings. The number of aromatic hydroxyl groups is 1. The molecule has 10 heteroatoms. The molecule has 0 aliphatic heterocycles. The van der Waals surface area contributed by atoms with Gasteiger partial charge in [0.2, 0.25) is 0 Å². The van der Waals surface area contributed by atoms with E-state index in [1.807, 2.05) is 12.1 Å². The molecule has 8 nitrogen and oxygen atoms in total. The zero-order chi connectivity index (χ0) is 23.4. The molecule has 1 unspecified atom stereocenters. The van der Waals surface area contributed by atoms with Crippen molar-refractivity contribution in [3.05, 3.63) is 81.2 Å². The van der Waals surface area contributed by atoms with Gasteiger partial charge in [0.15, 0.2) is 5.69 Å². The number of carbonyl (C=O) groups excluding carboxylic acids is 1. The zero-order valence-corrected chi connectivity index (χ0v) is 18.2. The Balaban J connectivity index is 0.00000385. The number of pyridine rings is 1. The molecule has 33 heavy (non-hydrogen) atoms. The summed E-state index contributed by atoms with van der Waals surface area (Å²) in [7, 11) is 1.49. The maximum absolute atomic E-state index is 12.6. The molecule has 2 aromatic carbocycles. The fraction of sp³-hybridized carbons (Fsp3) is 0.174. The van der Waals surface area contributed by atoms with Crippen molar-refractivity contribution in [2.75, 3.05) is 5.32 Å². The van der Waals surface area contributed by atoms with Crippen molar-refractivity contribution in [2.24, 2.45) is 7.05 Å². The van der Waals surface area contributed by atoms with Crippen molar-refractivity contribution in [2.45, 2.75) is 19.4 Å². The molecule has 168 valence electrons. The normalized spacial score (nSPS) is 11.2. The minimum atomic E-state index is -1.11. The van der Waals surface area contributed by atoms with Gasteiger partial charge in [0.25, 0.3) is 5.56 Å². The number of rotatable bonds is 6. The minimum absolute atomic E-state index is 0. The first-order valence-electron chi connectivity index (χ1n) is 9.70. The molecule has 0 aliphatic carbocycles. The first-order chi connectivity index (χ1) is 15.2. The van der Waals surface area contributed by atoms with Gasteiger partial charge in [-0.1, -0.05) is 41.9 Å². The number of carboxylic acid groups (broad SMARTS) is 1. The van der Waals surface area contributed by atoms with Crippen LogP contribution in [0.25, 0.3) is 11.1 Å². The third-order valence-electron chi connectivity index (χ3n) is 4.90. The number of nitrogens with zero attached hydrogens (tertiary/aromatic N) is 1. The van der Waals surface area contributed by atoms with E-state index in [9.17, 15) is 24.6 Å². The van der Waals surface area contributed by atoms with Crippen LogP contribution in [0.5, 0.6) is 5.75 Å². The molecule has 1 atom stereocenters. The van der Waals surface area contributed by atoms with Crippen LogP contribution in [0, 0.1) is 6.92 Å². The van der Waals surface area contributed by atoms with Crippen molar-refractivity contribution in [1.29, 1.82) is 0 Å². The molecule has 3 rings (SSSR count). The van der Waals surface area contributed by atoms with Gasteiger partial charge in [-0.15, -0.1) is 0 Å². The molecule has 1 aromatic heterocycles. The molecule has 0 radical (unpaired) electrons. The summed E-state index contributed by atoms with van der Waals surface area (Å²) in [6.07, 6.45) is 1.06. The van der Waals surface area contributed by atoms with E-state index < -0.39 is 23.6 Å². The standard InChI is InChI=1S/C23H22ClN3O5.Na.H/c1-13-12-27(2)22(31)20(21(13)30)26-23(32)25-18(11-19(28)29)16-7-3-5-14(9-16)15-6-4-8-17(24)10-15;;/h3-10,12,18,30H,11H2,1-2H3,(H,28,29)(H2,25,26,32);;. The van der Waals surface area contributed by atoms with E-state index in [1.165, 1.54) is 17.8 Å². The molecule has 2 amide bonds. The Hall–Kier alpha value is -2.78. The summed E-state index contributed by atoms with van der Waals surface area (Å²) in [5.74, 6) is -1.46. The van der Waals surface area contributed by atoms with E-state index in [0.29, 0.717) is 16.1 Å². The Morgan fingerprint density at radius 3 is 2.39 bits per heavy atom. The maximum atomic E-state index is 12.6. The van der Waals surface area contributed by atoms with Crippen molar-refractivity contribution in [1.82, 2.24) is 9.88 Å². The van der Waals surface area contributed by atoms with Crippen LogP contribution in [0.15, 0.2) is 59.5 Å². The van der Waals surface area contributed by atoms with Gasteiger partial charge in [-0.05, 0) is 41.8 Å². The molecule has 0 saturated heterocycles. The Bertz CT molecular complexity index is 1250. The van der Waals surface area contributed by atoms with Gasteiger partial charge < -0.3 is 25.4 Å². The second-order valence-electron chi connectivity index (χ2n) is 7.34. The van der Waals surface area contributed by atoms with Crippen LogP contribution in [0.2, 0.25) is 5.02 Å². The molecule has 0 aliphatic rings. The predicted octanol–water partition coefficient (Wildman–Crippen LogP) is 3.41. The molecular weight excluding hydrogens is 457 g/mol. The molecular formula is C23H23ClN3NaO5. The van der Waals surface area contributed by atoms with E-state index in [-0.39, 0.29) is 47.4 Å². The number of aromatic nitrogens is 1. The number of aliphatic carboxylic acids is 1. The molecule has 1 heterocycles. The van der Waals surface area contributed by atoms with Crippen molar-refractivity contribution in [3.8, 4) is 16.9 Å². The second-order valence-corrected chi connectivity index (χ2v) is 7.77. The van der Waals surface area contributed by atoms with E-state index >= 15 is 0 Å². The quantitative estimate of drug-likeness (QED) is 0.404. The number of anilines is 1. The Kier molecular flexibility index (Phi) is 9.13. The summed E-state index contributed by atoms with van der Waals surface area (Å²) in [5.41, 5.74) is 1.71. The fourth-order valence-corrected chi connectivity index (χ4v) is 3.53. The Labute approximate surface area is 217 Å². The fourth-order valence-electron chi connectivity index (χ4n) is 3.34. The van der Waals surface area contributed by atoms with Crippen molar-refractivity contribution < 1.29 is 19.8 Å². The number of urea groups is 1. The number of halogens is 1. The number of nitrogens with one attached hydrogen (secondary N) is 2. The molecule has 0 saturated carbocycles. The Morgan fingerprint density at radius 2 is 1.76 bits per heavy atom. The van der Waals surface area contributed by atoms with E-state index in [1.54, 1.807) is 43.3 Å². The Morgan fingerprint density at radius 1 is 1.12 bits per heavy atom. The van der Waals surface area contributed by atoms with Crippen molar-refractivity contribution >= 4 is 58.8 Å². The molecule has 0 bridgehead atoms. The number of aryl methyl sites for hydroxylation is 2. The van der Waals surface area contributed by atoms with Gasteiger partial charge in [0.05, 0.1) is 12.5 Å². The molecule has 4 N–H and O–H groups in total. The summed E-state index contributed by atoms with van der Waals surface area (Å²) in [4.78, 5) is 36.3. The van der Waals surface area contributed by atoms with E-state index in [0.717, 1.165) is 11.1 Å². The van der Waals surface area contributed by atoms with Gasteiger partial charge >= 0.3 is 41.6 Å². The number of amides is 2. The molecule has 0 spiro atoms. The van der Waals surface area contributed by atoms with Crippen LogP contribution in [-0.2, 0) is 11.8 Å². The first kappa shape index (κ1) is 26.5. The third kappa shape index (κ3) is 6.61. The summed E-state index contributed by atoms with van der Waals surface area (Å²) in [6.45, 7) is 1.59. The third-order valence-corrected chi connectivity index (χ3v) is 5.14. The number of carboxylic acids is 1. The first-order valence-corrected chi connectivity index (χ1v) is 10.1. The number of hydrogen-bond acceptors (Lipinski definition) is 4. The van der Waals surface area contributed by atoms with Crippen LogP contribution in [0.1, 0.15) is 23.6 Å². The van der Waals surface area contributed by atoms with Crippen LogP contribution in [-0.4, -0.2) is 56.3 Å².